The lowest BCUT2D eigenvalue weighted by atomic mass is 9.50. The molecule has 0 saturated heterocycles. The second-order valence-electron chi connectivity index (χ2n) is 9.64. The quantitative estimate of drug-likeness (QED) is 0.525. The number of fused-ring (bicyclic) bond motifs is 2. The highest BCUT2D eigenvalue weighted by Crippen LogP contribution is 2.65. The van der Waals surface area contributed by atoms with Gasteiger partial charge in [-0.05, 0) is 37.7 Å². The number of Topliss-reactive ketones (excluding diaryl/α,β-unsaturated/α-hetero) is 2. The van der Waals surface area contributed by atoms with Crippen LogP contribution in [0.25, 0.3) is 0 Å². The van der Waals surface area contributed by atoms with E-state index in [0.717, 1.165) is 0 Å². The van der Waals surface area contributed by atoms with Gasteiger partial charge >= 0.3 is 5.97 Å². The van der Waals surface area contributed by atoms with Crippen molar-refractivity contribution in [2.45, 2.75) is 71.2 Å². The SMILES string of the molecule is C=C1[C@@H]2[C@H](OC(C)=O)CC3=C(C(=O)[C@@H](O)[C@@]4(C[C@@H]4C)C3=O)[C@@]2(C)CC[C@]1(C)O. The lowest BCUT2D eigenvalue weighted by molar-refractivity contribution is -0.156. The van der Waals surface area contributed by atoms with Gasteiger partial charge in [-0.1, -0.05) is 20.4 Å². The molecular formula is C22H28O6. The highest BCUT2D eigenvalue weighted by molar-refractivity contribution is 6.19. The summed E-state index contributed by atoms with van der Waals surface area (Å²) in [6.45, 7) is 10.8. The van der Waals surface area contributed by atoms with E-state index in [0.29, 0.717) is 36.0 Å². The van der Waals surface area contributed by atoms with E-state index in [1.807, 2.05) is 13.8 Å². The summed E-state index contributed by atoms with van der Waals surface area (Å²) in [6, 6.07) is 0. The fourth-order valence-electron chi connectivity index (χ4n) is 6.10. The minimum Gasteiger partial charge on any atom is -0.462 e. The molecule has 0 bridgehead atoms. The fourth-order valence-corrected chi connectivity index (χ4v) is 6.10. The Morgan fingerprint density at radius 2 is 1.86 bits per heavy atom. The average Bonchev–Trinajstić information content (AvgIpc) is 3.27. The fraction of sp³-hybridized carbons (Fsp3) is 0.682. The Labute approximate surface area is 164 Å². The van der Waals surface area contributed by atoms with E-state index < -0.39 is 40.5 Å². The first-order valence-corrected chi connectivity index (χ1v) is 9.97. The van der Waals surface area contributed by atoms with Crippen LogP contribution in [0.4, 0.5) is 0 Å². The van der Waals surface area contributed by atoms with Crippen LogP contribution < -0.4 is 0 Å². The molecule has 6 nitrogen and oxygen atoms in total. The summed E-state index contributed by atoms with van der Waals surface area (Å²) in [4.78, 5) is 38.5. The molecule has 0 aliphatic heterocycles. The predicted octanol–water partition coefficient (Wildman–Crippen LogP) is 1.88. The summed E-state index contributed by atoms with van der Waals surface area (Å²) in [5.41, 5.74) is -1.71. The van der Waals surface area contributed by atoms with Crippen LogP contribution in [-0.2, 0) is 19.1 Å². The molecule has 28 heavy (non-hydrogen) atoms. The van der Waals surface area contributed by atoms with Crippen molar-refractivity contribution >= 4 is 17.5 Å². The first-order valence-electron chi connectivity index (χ1n) is 9.97. The number of hydrogen-bond donors (Lipinski definition) is 2. The normalized spacial score (nSPS) is 47.7. The number of ether oxygens (including phenoxy) is 1. The van der Waals surface area contributed by atoms with Crippen molar-refractivity contribution in [2.75, 3.05) is 0 Å². The summed E-state index contributed by atoms with van der Waals surface area (Å²) < 4.78 is 5.59. The number of ketones is 2. The first-order chi connectivity index (χ1) is 12.9. The lowest BCUT2D eigenvalue weighted by Crippen LogP contribution is -2.58. The monoisotopic (exact) mass is 388 g/mol. The van der Waals surface area contributed by atoms with Gasteiger partial charge in [-0.15, -0.1) is 0 Å². The Balaban J connectivity index is 1.90. The van der Waals surface area contributed by atoms with Crippen LogP contribution in [0.1, 0.15) is 53.4 Å². The molecule has 7 atom stereocenters. The molecule has 4 aliphatic carbocycles. The summed E-state index contributed by atoms with van der Waals surface area (Å²) in [5, 5.41) is 21.6. The van der Waals surface area contributed by atoms with Gasteiger partial charge in [0.25, 0.3) is 0 Å². The van der Waals surface area contributed by atoms with Gasteiger partial charge in [0.15, 0.2) is 11.6 Å². The number of carbonyl (C=O) groups excluding carboxylic acids is 3. The molecule has 0 radical (unpaired) electrons. The third-order valence-corrected chi connectivity index (χ3v) is 7.89. The van der Waals surface area contributed by atoms with Crippen LogP contribution in [0.2, 0.25) is 0 Å². The first kappa shape index (κ1) is 19.5. The van der Waals surface area contributed by atoms with E-state index in [2.05, 4.69) is 6.58 Å². The Morgan fingerprint density at radius 1 is 1.25 bits per heavy atom. The predicted molar refractivity (Wildman–Crippen MR) is 100 cm³/mol. The van der Waals surface area contributed by atoms with Gasteiger partial charge in [0.05, 0.1) is 11.0 Å². The molecule has 0 aromatic carbocycles. The van der Waals surface area contributed by atoms with Crippen LogP contribution in [0.15, 0.2) is 23.3 Å². The molecule has 2 fully saturated rings. The van der Waals surface area contributed by atoms with Crippen molar-refractivity contribution in [3.05, 3.63) is 23.3 Å². The third-order valence-electron chi connectivity index (χ3n) is 7.89. The molecule has 4 rings (SSSR count). The molecule has 0 heterocycles. The van der Waals surface area contributed by atoms with Crippen molar-refractivity contribution in [1.82, 2.24) is 0 Å². The van der Waals surface area contributed by atoms with Gasteiger partial charge in [0.2, 0.25) is 0 Å². The summed E-state index contributed by atoms with van der Waals surface area (Å²) >= 11 is 0. The average molecular weight is 388 g/mol. The number of esters is 1. The molecule has 0 aromatic heterocycles. The zero-order valence-electron chi connectivity index (χ0n) is 16.9. The molecule has 1 spiro atoms. The van der Waals surface area contributed by atoms with E-state index >= 15 is 0 Å². The third kappa shape index (κ3) is 2.25. The van der Waals surface area contributed by atoms with E-state index in [1.165, 1.54) is 6.92 Å². The number of aliphatic hydroxyl groups is 2. The minimum atomic E-state index is -1.33. The molecule has 0 amide bonds. The summed E-state index contributed by atoms with van der Waals surface area (Å²) in [6.07, 6.45) is -0.563. The highest BCUT2D eigenvalue weighted by atomic mass is 16.5. The van der Waals surface area contributed by atoms with Crippen molar-refractivity contribution in [2.24, 2.45) is 22.7 Å². The van der Waals surface area contributed by atoms with Crippen molar-refractivity contribution < 1.29 is 29.3 Å². The Hall–Kier alpha value is -1.79. The number of carbonyl (C=O) groups is 3. The van der Waals surface area contributed by atoms with E-state index in [4.69, 9.17) is 4.74 Å². The van der Waals surface area contributed by atoms with Crippen LogP contribution in [0, 0.1) is 22.7 Å². The Morgan fingerprint density at radius 3 is 2.39 bits per heavy atom. The molecule has 2 saturated carbocycles. The van der Waals surface area contributed by atoms with Crippen LogP contribution in [0.5, 0.6) is 0 Å². The lowest BCUT2D eigenvalue weighted by Gasteiger charge is -2.55. The number of rotatable bonds is 1. The van der Waals surface area contributed by atoms with Gasteiger partial charge < -0.3 is 14.9 Å². The second-order valence-corrected chi connectivity index (χ2v) is 9.64. The van der Waals surface area contributed by atoms with Crippen LogP contribution in [0.3, 0.4) is 0 Å². The standard InChI is InChI=1S/C22H28O6/c1-10-9-22(10)18(25)13-8-14(28-12(3)23)15-11(2)21(5,27)7-6-20(15,4)16(13)17(24)19(22)26/h10,14-15,19,26-27H,2,6-9H2,1,3-5H3/t10-,14+,15+,19+,20-,21-,22+/m0/s1. The van der Waals surface area contributed by atoms with Crippen molar-refractivity contribution in [3.8, 4) is 0 Å². The van der Waals surface area contributed by atoms with E-state index in [-0.39, 0.29) is 23.9 Å². The topological polar surface area (TPSA) is 101 Å². The van der Waals surface area contributed by atoms with Gasteiger partial charge in [-0.3, -0.25) is 14.4 Å². The second kappa shape index (κ2) is 5.63. The Kier molecular flexibility index (Phi) is 3.93. The molecule has 0 aromatic rings. The van der Waals surface area contributed by atoms with E-state index in [1.54, 1.807) is 6.92 Å². The zero-order chi connectivity index (χ0) is 20.8. The molecular weight excluding hydrogens is 360 g/mol. The molecule has 0 unspecified atom stereocenters. The molecule has 152 valence electrons. The summed E-state index contributed by atoms with van der Waals surface area (Å²) in [7, 11) is 0. The van der Waals surface area contributed by atoms with Gasteiger partial charge in [0, 0.05) is 35.8 Å². The minimum absolute atomic E-state index is 0.0484. The van der Waals surface area contributed by atoms with Gasteiger partial charge in [-0.25, -0.2) is 0 Å². The maximum atomic E-state index is 13.4. The largest absolute Gasteiger partial charge is 0.462 e. The highest BCUT2D eigenvalue weighted by Gasteiger charge is 2.70. The van der Waals surface area contributed by atoms with Crippen LogP contribution >= 0.6 is 0 Å². The molecule has 6 heteroatoms. The van der Waals surface area contributed by atoms with Gasteiger partial charge in [0.1, 0.15) is 12.2 Å². The Bertz CT molecular complexity index is 851. The van der Waals surface area contributed by atoms with E-state index in [9.17, 15) is 24.6 Å². The van der Waals surface area contributed by atoms with Crippen molar-refractivity contribution in [3.63, 3.8) is 0 Å². The molecule has 4 aliphatic rings. The maximum absolute atomic E-state index is 13.4. The van der Waals surface area contributed by atoms with Gasteiger partial charge in [-0.2, -0.15) is 0 Å². The smallest absolute Gasteiger partial charge is 0.302 e. The summed E-state index contributed by atoms with van der Waals surface area (Å²) in [5.74, 6) is -1.58. The van der Waals surface area contributed by atoms with Crippen molar-refractivity contribution in [1.29, 1.82) is 0 Å². The molecule has 2 N–H and O–H groups in total. The zero-order valence-corrected chi connectivity index (χ0v) is 16.9. The van der Waals surface area contributed by atoms with Crippen LogP contribution in [-0.4, -0.2) is 45.6 Å². The number of hydrogen-bond acceptors (Lipinski definition) is 6. The maximum Gasteiger partial charge on any atom is 0.302 e. The number of aliphatic hydroxyl groups excluding tert-OH is 1.